The lowest BCUT2D eigenvalue weighted by atomic mass is 10.1. The number of ether oxygens (including phenoxy) is 1. The van der Waals surface area contributed by atoms with E-state index < -0.39 is 12.1 Å². The van der Waals surface area contributed by atoms with Gasteiger partial charge < -0.3 is 15.2 Å². The highest BCUT2D eigenvalue weighted by Gasteiger charge is 2.29. The third-order valence-corrected chi connectivity index (χ3v) is 3.52. The van der Waals surface area contributed by atoms with Gasteiger partial charge >= 0.3 is 5.97 Å². The zero-order valence-electron chi connectivity index (χ0n) is 11.3. The summed E-state index contributed by atoms with van der Waals surface area (Å²) in [5, 5.41) is 12.2. The van der Waals surface area contributed by atoms with Crippen LogP contribution in [0.25, 0.3) is 0 Å². The summed E-state index contributed by atoms with van der Waals surface area (Å²) >= 11 is 0. The number of nitrogens with one attached hydrogen (secondary N) is 1. The fourth-order valence-corrected chi connectivity index (χ4v) is 2.31. The second kappa shape index (κ2) is 6.68. The summed E-state index contributed by atoms with van der Waals surface area (Å²) in [6.45, 7) is 3.64. The van der Waals surface area contributed by atoms with E-state index in [1.165, 1.54) is 11.1 Å². The summed E-state index contributed by atoms with van der Waals surface area (Å²) in [7, 11) is 0. The number of rotatable bonds is 6. The highest BCUT2D eigenvalue weighted by molar-refractivity contribution is 5.72. The maximum Gasteiger partial charge on any atom is 0.332 e. The predicted molar refractivity (Wildman–Crippen MR) is 73.1 cm³/mol. The van der Waals surface area contributed by atoms with Crippen molar-refractivity contribution in [1.82, 2.24) is 5.32 Å². The minimum atomic E-state index is -0.849. The SMILES string of the molecule is CCc1ccc(CNCC2CCC(C(=O)O)O2)cc1. The average Bonchev–Trinajstić information content (AvgIpc) is 2.89. The van der Waals surface area contributed by atoms with E-state index in [4.69, 9.17) is 9.84 Å². The van der Waals surface area contributed by atoms with Gasteiger partial charge in [0.25, 0.3) is 0 Å². The molecule has 1 saturated heterocycles. The minimum absolute atomic E-state index is 0.0241. The zero-order valence-corrected chi connectivity index (χ0v) is 11.3. The van der Waals surface area contributed by atoms with Crippen LogP contribution in [0.5, 0.6) is 0 Å². The van der Waals surface area contributed by atoms with Crippen molar-refractivity contribution in [3.05, 3.63) is 35.4 Å². The first kappa shape index (κ1) is 14.0. The van der Waals surface area contributed by atoms with Crippen LogP contribution >= 0.6 is 0 Å². The molecule has 2 atom stereocenters. The summed E-state index contributed by atoms with van der Waals surface area (Å²) < 4.78 is 5.44. The lowest BCUT2D eigenvalue weighted by Crippen LogP contribution is -2.28. The fourth-order valence-electron chi connectivity index (χ4n) is 2.31. The molecule has 0 aromatic heterocycles. The molecule has 4 nitrogen and oxygen atoms in total. The van der Waals surface area contributed by atoms with Gasteiger partial charge in [0.1, 0.15) is 0 Å². The average molecular weight is 263 g/mol. The van der Waals surface area contributed by atoms with Crippen molar-refractivity contribution < 1.29 is 14.6 Å². The molecule has 0 bridgehead atoms. The molecule has 0 saturated carbocycles. The standard InChI is InChI=1S/C15H21NO3/c1-2-11-3-5-12(6-4-11)9-16-10-13-7-8-14(19-13)15(17)18/h3-6,13-14,16H,2,7-10H2,1H3,(H,17,18). The molecule has 2 unspecified atom stereocenters. The zero-order chi connectivity index (χ0) is 13.7. The number of hydrogen-bond acceptors (Lipinski definition) is 3. The first-order valence-electron chi connectivity index (χ1n) is 6.86. The number of benzene rings is 1. The molecule has 2 N–H and O–H groups in total. The van der Waals surface area contributed by atoms with E-state index in [2.05, 4.69) is 36.5 Å². The molecular weight excluding hydrogens is 242 g/mol. The molecule has 0 radical (unpaired) electrons. The van der Waals surface area contributed by atoms with Crippen LogP contribution in [0.4, 0.5) is 0 Å². The summed E-state index contributed by atoms with van der Waals surface area (Å²) in [4.78, 5) is 10.8. The Morgan fingerprint density at radius 2 is 2.00 bits per heavy atom. The molecule has 104 valence electrons. The molecule has 1 aromatic rings. The second-order valence-corrected chi connectivity index (χ2v) is 4.96. The molecule has 0 amide bonds. The van der Waals surface area contributed by atoms with E-state index in [1.54, 1.807) is 0 Å². The Balaban J connectivity index is 1.70. The molecule has 1 heterocycles. The van der Waals surface area contributed by atoms with Gasteiger partial charge in [-0.15, -0.1) is 0 Å². The highest BCUT2D eigenvalue weighted by Crippen LogP contribution is 2.19. The van der Waals surface area contributed by atoms with Crippen LogP contribution in [0, 0.1) is 0 Å². The van der Waals surface area contributed by atoms with Gasteiger partial charge in [-0.25, -0.2) is 4.79 Å². The lowest BCUT2D eigenvalue weighted by Gasteiger charge is -2.12. The number of aliphatic carboxylic acids is 1. The van der Waals surface area contributed by atoms with Crippen LogP contribution in [0.15, 0.2) is 24.3 Å². The molecule has 1 aliphatic rings. The number of aryl methyl sites for hydroxylation is 1. The number of carboxylic acid groups (broad SMARTS) is 1. The van der Waals surface area contributed by atoms with Crippen molar-refractivity contribution in [2.45, 2.75) is 44.9 Å². The van der Waals surface area contributed by atoms with Crippen LogP contribution in [-0.2, 0) is 22.5 Å². The van der Waals surface area contributed by atoms with Gasteiger partial charge in [-0.3, -0.25) is 0 Å². The van der Waals surface area contributed by atoms with Gasteiger partial charge in [-0.2, -0.15) is 0 Å². The summed E-state index contributed by atoms with van der Waals surface area (Å²) in [6.07, 6.45) is 1.90. The van der Waals surface area contributed by atoms with Crippen molar-refractivity contribution in [2.24, 2.45) is 0 Å². The van der Waals surface area contributed by atoms with Crippen molar-refractivity contribution in [3.63, 3.8) is 0 Å². The molecule has 0 spiro atoms. The van der Waals surface area contributed by atoms with Crippen molar-refractivity contribution in [1.29, 1.82) is 0 Å². The van der Waals surface area contributed by atoms with Gasteiger partial charge in [0.05, 0.1) is 6.10 Å². The lowest BCUT2D eigenvalue weighted by molar-refractivity contribution is -0.149. The summed E-state index contributed by atoms with van der Waals surface area (Å²) in [5.74, 6) is -0.849. The van der Waals surface area contributed by atoms with E-state index in [1.807, 2.05) is 0 Å². The summed E-state index contributed by atoms with van der Waals surface area (Å²) in [6, 6.07) is 8.54. The van der Waals surface area contributed by atoms with Crippen LogP contribution < -0.4 is 5.32 Å². The maximum absolute atomic E-state index is 10.8. The fraction of sp³-hybridized carbons (Fsp3) is 0.533. The Hall–Kier alpha value is -1.39. The van der Waals surface area contributed by atoms with Gasteiger partial charge in [-0.1, -0.05) is 31.2 Å². The molecule has 4 heteroatoms. The van der Waals surface area contributed by atoms with Crippen molar-refractivity contribution in [2.75, 3.05) is 6.54 Å². The highest BCUT2D eigenvalue weighted by atomic mass is 16.5. The Morgan fingerprint density at radius 1 is 1.32 bits per heavy atom. The molecule has 0 aliphatic carbocycles. The van der Waals surface area contributed by atoms with Crippen molar-refractivity contribution >= 4 is 5.97 Å². The molecule has 19 heavy (non-hydrogen) atoms. The van der Waals surface area contributed by atoms with E-state index in [0.29, 0.717) is 13.0 Å². The van der Waals surface area contributed by atoms with E-state index in [0.717, 1.165) is 19.4 Å². The van der Waals surface area contributed by atoms with E-state index in [9.17, 15) is 4.79 Å². The Labute approximate surface area is 113 Å². The molecular formula is C15H21NO3. The number of hydrogen-bond donors (Lipinski definition) is 2. The quantitative estimate of drug-likeness (QED) is 0.824. The normalized spacial score (nSPS) is 22.6. The maximum atomic E-state index is 10.8. The Kier molecular flexibility index (Phi) is 4.93. The largest absolute Gasteiger partial charge is 0.479 e. The third kappa shape index (κ3) is 4.04. The monoisotopic (exact) mass is 263 g/mol. The second-order valence-electron chi connectivity index (χ2n) is 4.96. The third-order valence-electron chi connectivity index (χ3n) is 3.52. The molecule has 1 aliphatic heterocycles. The van der Waals surface area contributed by atoms with Crippen LogP contribution in [-0.4, -0.2) is 29.8 Å². The van der Waals surface area contributed by atoms with Crippen LogP contribution in [0.1, 0.15) is 30.9 Å². The summed E-state index contributed by atoms with van der Waals surface area (Å²) in [5.41, 5.74) is 2.58. The van der Waals surface area contributed by atoms with Gasteiger partial charge in [0, 0.05) is 13.1 Å². The Bertz CT molecular complexity index is 416. The van der Waals surface area contributed by atoms with Crippen LogP contribution in [0.3, 0.4) is 0 Å². The predicted octanol–water partition coefficient (Wildman–Crippen LogP) is 1.97. The first-order chi connectivity index (χ1) is 9.19. The number of carboxylic acids is 1. The van der Waals surface area contributed by atoms with Gasteiger partial charge in [-0.05, 0) is 30.4 Å². The molecule has 1 fully saturated rings. The minimum Gasteiger partial charge on any atom is -0.479 e. The molecule has 2 rings (SSSR count). The van der Waals surface area contributed by atoms with Crippen molar-refractivity contribution in [3.8, 4) is 0 Å². The topological polar surface area (TPSA) is 58.6 Å². The van der Waals surface area contributed by atoms with E-state index in [-0.39, 0.29) is 6.10 Å². The first-order valence-corrected chi connectivity index (χ1v) is 6.86. The smallest absolute Gasteiger partial charge is 0.332 e. The van der Waals surface area contributed by atoms with E-state index >= 15 is 0 Å². The van der Waals surface area contributed by atoms with Gasteiger partial charge in [0.15, 0.2) is 6.10 Å². The molecule has 1 aromatic carbocycles. The van der Waals surface area contributed by atoms with Gasteiger partial charge in [0.2, 0.25) is 0 Å². The Morgan fingerprint density at radius 3 is 2.58 bits per heavy atom. The number of carbonyl (C=O) groups is 1. The van der Waals surface area contributed by atoms with Crippen LogP contribution in [0.2, 0.25) is 0 Å².